The molecule has 0 aliphatic rings. The third-order valence-corrected chi connectivity index (χ3v) is 6.19. The minimum absolute atomic E-state index is 0.0198. The number of ether oxygens (including phenoxy) is 3. The molecule has 1 heterocycles. The van der Waals surface area contributed by atoms with Gasteiger partial charge in [0.15, 0.2) is 5.78 Å². The van der Waals surface area contributed by atoms with E-state index in [1.54, 1.807) is 37.6 Å². The molecule has 1 N–H and O–H groups in total. The van der Waals surface area contributed by atoms with E-state index in [1.165, 1.54) is 17.6 Å². The van der Waals surface area contributed by atoms with E-state index in [4.69, 9.17) is 14.2 Å². The topological polar surface area (TPSA) is 87.0 Å². The summed E-state index contributed by atoms with van der Waals surface area (Å²) in [6, 6.07) is 27.8. The average Bonchev–Trinajstić information content (AvgIpc) is 2.96. The second-order valence-corrected chi connectivity index (χ2v) is 8.85. The van der Waals surface area contributed by atoms with Crippen molar-refractivity contribution in [2.24, 2.45) is 0 Å². The van der Waals surface area contributed by atoms with Crippen LogP contribution in [-0.4, -0.2) is 35.3 Å². The number of aliphatic hydroxyl groups is 1. The summed E-state index contributed by atoms with van der Waals surface area (Å²) in [5.74, 6) is 0.273. The van der Waals surface area contributed by atoms with Gasteiger partial charge in [-0.2, -0.15) is 0 Å². The van der Waals surface area contributed by atoms with Crippen molar-refractivity contribution in [1.82, 2.24) is 4.57 Å². The zero-order valence-electron chi connectivity index (χ0n) is 21.4. The number of hydrogen-bond donors (Lipinski definition) is 1. The van der Waals surface area contributed by atoms with Gasteiger partial charge >= 0.3 is 0 Å². The second kappa shape index (κ2) is 13.0. The lowest BCUT2D eigenvalue weighted by Crippen LogP contribution is -2.31. The van der Waals surface area contributed by atoms with Crippen LogP contribution >= 0.6 is 0 Å². The normalized spacial score (nSPS) is 12.6. The number of rotatable bonds is 12. The number of carbonyl (C=O) groups excluding carboxylic acids is 1. The Morgan fingerprint density at radius 2 is 1.45 bits per heavy atom. The fourth-order valence-electron chi connectivity index (χ4n) is 4.14. The molecule has 2 atom stereocenters. The molecule has 4 aromatic rings. The summed E-state index contributed by atoms with van der Waals surface area (Å²) in [5.41, 5.74) is 2.56. The molecule has 38 heavy (non-hydrogen) atoms. The maximum atomic E-state index is 13.3. The van der Waals surface area contributed by atoms with Crippen molar-refractivity contribution in [3.05, 3.63) is 130 Å². The predicted molar refractivity (Wildman–Crippen MR) is 145 cm³/mol. The van der Waals surface area contributed by atoms with Gasteiger partial charge in [0.25, 0.3) is 5.56 Å². The van der Waals surface area contributed by atoms with Crippen molar-refractivity contribution in [2.45, 2.75) is 32.3 Å². The number of pyridine rings is 1. The van der Waals surface area contributed by atoms with Gasteiger partial charge in [-0.25, -0.2) is 0 Å². The van der Waals surface area contributed by atoms with Crippen molar-refractivity contribution in [2.75, 3.05) is 13.7 Å². The standard InChI is InChI=1S/C31H31NO6/c1-22(34)28-17-25(18-32(31(28)35)26-13-15-27(36-2)16-14-26)30(38-21-24-11-7-4-8-12-24)29(19-33)37-20-23-9-5-3-6-10-23/h3-18,29-30,33H,19-21H2,1-2H3/t29-,30+/m0/s1. The summed E-state index contributed by atoms with van der Waals surface area (Å²) in [6.07, 6.45) is 0.105. The number of benzene rings is 3. The maximum absolute atomic E-state index is 13.3. The molecule has 4 rings (SSSR count). The first-order valence-corrected chi connectivity index (χ1v) is 12.3. The zero-order chi connectivity index (χ0) is 26.9. The van der Waals surface area contributed by atoms with Crippen LogP contribution in [-0.2, 0) is 22.7 Å². The van der Waals surface area contributed by atoms with Crippen molar-refractivity contribution in [3.8, 4) is 11.4 Å². The van der Waals surface area contributed by atoms with Crippen LogP contribution in [0.3, 0.4) is 0 Å². The van der Waals surface area contributed by atoms with Crippen LogP contribution in [0.1, 0.15) is 40.1 Å². The largest absolute Gasteiger partial charge is 0.497 e. The Kier molecular flexibility index (Phi) is 9.21. The van der Waals surface area contributed by atoms with E-state index < -0.39 is 17.8 Å². The van der Waals surface area contributed by atoms with Crippen molar-refractivity contribution in [1.29, 1.82) is 0 Å². The molecular formula is C31H31NO6. The monoisotopic (exact) mass is 513 g/mol. The Labute approximate surface area is 221 Å². The van der Waals surface area contributed by atoms with Gasteiger partial charge in [0.1, 0.15) is 18.0 Å². The summed E-state index contributed by atoms with van der Waals surface area (Å²) in [5, 5.41) is 10.4. The van der Waals surface area contributed by atoms with E-state index in [-0.39, 0.29) is 31.2 Å². The Hall–Kier alpha value is -4.04. The molecule has 7 heteroatoms. The van der Waals surface area contributed by atoms with Gasteiger partial charge in [-0.3, -0.25) is 14.2 Å². The van der Waals surface area contributed by atoms with Gasteiger partial charge in [-0.15, -0.1) is 0 Å². The average molecular weight is 514 g/mol. The Morgan fingerprint density at radius 1 is 0.868 bits per heavy atom. The molecule has 0 radical (unpaired) electrons. The van der Waals surface area contributed by atoms with Crippen molar-refractivity contribution in [3.63, 3.8) is 0 Å². The fourth-order valence-corrected chi connectivity index (χ4v) is 4.14. The molecule has 0 fully saturated rings. The molecular weight excluding hydrogens is 482 g/mol. The molecule has 0 aliphatic heterocycles. The van der Waals surface area contributed by atoms with Crippen LogP contribution in [0.4, 0.5) is 0 Å². The van der Waals surface area contributed by atoms with E-state index in [9.17, 15) is 14.7 Å². The van der Waals surface area contributed by atoms with Gasteiger partial charge in [-0.05, 0) is 48.4 Å². The molecule has 1 aromatic heterocycles. The van der Waals surface area contributed by atoms with Gasteiger partial charge < -0.3 is 19.3 Å². The van der Waals surface area contributed by atoms with E-state index in [0.717, 1.165) is 11.1 Å². The number of aliphatic hydroxyl groups excluding tert-OH is 1. The number of Topliss-reactive ketones (excluding diaryl/α,β-unsaturated/α-hetero) is 1. The zero-order valence-corrected chi connectivity index (χ0v) is 21.4. The molecule has 0 aliphatic carbocycles. The third kappa shape index (κ3) is 6.63. The second-order valence-electron chi connectivity index (χ2n) is 8.85. The molecule has 0 amide bonds. The Bertz CT molecular complexity index is 1380. The first-order valence-electron chi connectivity index (χ1n) is 12.3. The Morgan fingerprint density at radius 3 is 1.97 bits per heavy atom. The lowest BCUT2D eigenvalue weighted by Gasteiger charge is -2.27. The van der Waals surface area contributed by atoms with E-state index in [1.807, 2.05) is 60.7 Å². The first-order chi connectivity index (χ1) is 18.5. The van der Waals surface area contributed by atoms with Crippen LogP contribution in [0.2, 0.25) is 0 Å². The lowest BCUT2D eigenvalue weighted by molar-refractivity contribution is -0.106. The summed E-state index contributed by atoms with van der Waals surface area (Å²) < 4.78 is 19.1. The van der Waals surface area contributed by atoms with Crippen molar-refractivity contribution < 1.29 is 24.1 Å². The number of hydrogen-bond acceptors (Lipinski definition) is 6. The number of aromatic nitrogens is 1. The minimum atomic E-state index is -0.771. The highest BCUT2D eigenvalue weighted by Crippen LogP contribution is 2.27. The highest BCUT2D eigenvalue weighted by molar-refractivity contribution is 5.94. The van der Waals surface area contributed by atoms with Crippen molar-refractivity contribution >= 4 is 5.78 Å². The lowest BCUT2D eigenvalue weighted by atomic mass is 10.0. The highest BCUT2D eigenvalue weighted by atomic mass is 16.5. The van der Waals surface area contributed by atoms with E-state index in [2.05, 4.69) is 0 Å². The maximum Gasteiger partial charge on any atom is 0.265 e. The van der Waals surface area contributed by atoms with Gasteiger partial charge in [0, 0.05) is 17.4 Å². The number of carbonyl (C=O) groups is 1. The molecule has 0 spiro atoms. The molecule has 0 saturated carbocycles. The summed E-state index contributed by atoms with van der Waals surface area (Å²) >= 11 is 0. The number of ketones is 1. The molecule has 7 nitrogen and oxygen atoms in total. The molecule has 3 aromatic carbocycles. The third-order valence-electron chi connectivity index (χ3n) is 6.19. The van der Waals surface area contributed by atoms with Gasteiger partial charge in [-0.1, -0.05) is 60.7 Å². The molecule has 0 saturated heterocycles. The molecule has 196 valence electrons. The Balaban J connectivity index is 1.75. The smallest absolute Gasteiger partial charge is 0.265 e. The summed E-state index contributed by atoms with van der Waals surface area (Å²) in [6.45, 7) is 1.53. The SMILES string of the molecule is COc1ccc(-n2cc([C@@H](OCc3ccccc3)[C@H](CO)OCc3ccccc3)cc(C(C)=O)c2=O)cc1. The minimum Gasteiger partial charge on any atom is -0.497 e. The fraction of sp³-hybridized carbons (Fsp3) is 0.226. The van der Waals surface area contributed by atoms with Crippen LogP contribution in [0.5, 0.6) is 5.75 Å². The molecule has 0 unspecified atom stereocenters. The van der Waals surface area contributed by atoms with Crippen LogP contribution in [0.15, 0.2) is 102 Å². The van der Waals surface area contributed by atoms with Crippen LogP contribution < -0.4 is 10.3 Å². The van der Waals surface area contributed by atoms with Crippen LogP contribution in [0.25, 0.3) is 5.69 Å². The predicted octanol–water partition coefficient (Wildman–Crippen LogP) is 4.88. The number of nitrogens with zero attached hydrogens (tertiary/aromatic N) is 1. The summed E-state index contributed by atoms with van der Waals surface area (Å²) in [4.78, 5) is 25.8. The molecule has 0 bridgehead atoms. The van der Waals surface area contributed by atoms with Gasteiger partial charge in [0.05, 0.1) is 32.5 Å². The van der Waals surface area contributed by atoms with E-state index in [0.29, 0.717) is 17.0 Å². The number of methoxy groups -OCH3 is 1. The first kappa shape index (κ1) is 27.0. The quantitative estimate of drug-likeness (QED) is 0.272. The van der Waals surface area contributed by atoms with E-state index >= 15 is 0 Å². The van der Waals surface area contributed by atoms with Gasteiger partial charge in [0.2, 0.25) is 0 Å². The highest BCUT2D eigenvalue weighted by Gasteiger charge is 2.27. The van der Waals surface area contributed by atoms with Crippen LogP contribution in [0, 0.1) is 0 Å². The summed E-state index contributed by atoms with van der Waals surface area (Å²) in [7, 11) is 1.56.